The van der Waals surface area contributed by atoms with Gasteiger partial charge in [-0.2, -0.15) is 0 Å². The van der Waals surface area contributed by atoms with Gasteiger partial charge in [-0.25, -0.2) is 0 Å². The van der Waals surface area contributed by atoms with Crippen molar-refractivity contribution in [3.8, 4) is 11.5 Å². The van der Waals surface area contributed by atoms with Crippen molar-refractivity contribution < 1.29 is 19.3 Å². The van der Waals surface area contributed by atoms with Gasteiger partial charge >= 0.3 is 0 Å². The summed E-state index contributed by atoms with van der Waals surface area (Å²) in [4.78, 5) is 0. The van der Waals surface area contributed by atoms with Crippen LogP contribution in [0.4, 0.5) is 0 Å². The number of fused-ring (bicyclic) bond motifs is 3. The van der Waals surface area contributed by atoms with Gasteiger partial charge in [0.05, 0.1) is 31.5 Å². The molecular formula is C16H20O4. The lowest BCUT2D eigenvalue weighted by molar-refractivity contribution is 0.0421. The third-order valence-corrected chi connectivity index (χ3v) is 4.67. The van der Waals surface area contributed by atoms with Crippen molar-refractivity contribution in [2.45, 2.75) is 44.0 Å². The number of hydrogen-bond acceptors (Lipinski definition) is 4. The first kappa shape index (κ1) is 12.5. The van der Waals surface area contributed by atoms with Gasteiger partial charge < -0.3 is 19.3 Å². The molecular weight excluding hydrogens is 256 g/mol. The van der Waals surface area contributed by atoms with E-state index in [2.05, 4.69) is 0 Å². The lowest BCUT2D eigenvalue weighted by Gasteiger charge is -2.25. The van der Waals surface area contributed by atoms with E-state index in [1.54, 1.807) is 0 Å². The van der Waals surface area contributed by atoms with Gasteiger partial charge in [-0.1, -0.05) is 6.07 Å². The van der Waals surface area contributed by atoms with Gasteiger partial charge in [-0.05, 0) is 37.0 Å². The first-order valence-corrected chi connectivity index (χ1v) is 7.54. The van der Waals surface area contributed by atoms with E-state index in [1.165, 1.54) is 0 Å². The number of aliphatic hydroxyl groups is 1. The monoisotopic (exact) mass is 276 g/mol. The molecule has 3 aliphatic heterocycles. The summed E-state index contributed by atoms with van der Waals surface area (Å²) >= 11 is 0. The highest BCUT2D eigenvalue weighted by Crippen LogP contribution is 2.45. The van der Waals surface area contributed by atoms with Crippen LogP contribution in [0.15, 0.2) is 18.2 Å². The van der Waals surface area contributed by atoms with Crippen LogP contribution in [0.5, 0.6) is 11.5 Å². The molecule has 1 N–H and O–H groups in total. The highest BCUT2D eigenvalue weighted by Gasteiger charge is 2.44. The molecule has 2 bridgehead atoms. The Labute approximate surface area is 118 Å². The van der Waals surface area contributed by atoms with Gasteiger partial charge in [0, 0.05) is 12.3 Å². The van der Waals surface area contributed by atoms with E-state index in [9.17, 15) is 5.11 Å². The molecule has 1 aromatic rings. The molecule has 0 aromatic heterocycles. The summed E-state index contributed by atoms with van der Waals surface area (Å²) in [6, 6.07) is 5.79. The van der Waals surface area contributed by atoms with E-state index >= 15 is 0 Å². The van der Waals surface area contributed by atoms with Crippen LogP contribution in [0, 0.1) is 5.92 Å². The minimum Gasteiger partial charge on any atom is -0.490 e. The summed E-state index contributed by atoms with van der Waals surface area (Å²) < 4.78 is 17.2. The summed E-state index contributed by atoms with van der Waals surface area (Å²) in [5.74, 6) is 1.75. The third kappa shape index (κ3) is 2.07. The molecule has 4 heteroatoms. The minimum absolute atomic E-state index is 0.221. The van der Waals surface area contributed by atoms with Crippen molar-refractivity contribution in [1.82, 2.24) is 0 Å². The summed E-state index contributed by atoms with van der Waals surface area (Å²) in [7, 11) is 0. The maximum absolute atomic E-state index is 10.6. The molecule has 2 fully saturated rings. The molecule has 108 valence electrons. The van der Waals surface area contributed by atoms with E-state index < -0.39 is 6.10 Å². The van der Waals surface area contributed by atoms with Gasteiger partial charge in [0.1, 0.15) is 0 Å². The lowest BCUT2D eigenvalue weighted by atomic mass is 9.82. The van der Waals surface area contributed by atoms with Crippen LogP contribution in [0.1, 0.15) is 37.4 Å². The molecule has 0 radical (unpaired) electrons. The van der Waals surface area contributed by atoms with Crippen molar-refractivity contribution in [1.29, 1.82) is 0 Å². The normalized spacial score (nSPS) is 33.0. The second-order valence-corrected chi connectivity index (χ2v) is 5.97. The molecule has 0 saturated carbocycles. The van der Waals surface area contributed by atoms with Crippen LogP contribution in [0.25, 0.3) is 0 Å². The van der Waals surface area contributed by atoms with Gasteiger partial charge in [-0.3, -0.25) is 0 Å². The molecule has 3 aliphatic rings. The van der Waals surface area contributed by atoms with E-state index in [0.717, 1.165) is 42.7 Å². The molecule has 4 atom stereocenters. The number of ether oxygens (including phenoxy) is 3. The van der Waals surface area contributed by atoms with Crippen LogP contribution >= 0.6 is 0 Å². The average Bonchev–Trinajstić information content (AvgIpc) is 3.02. The Morgan fingerprint density at radius 1 is 1.10 bits per heavy atom. The van der Waals surface area contributed by atoms with Gasteiger partial charge in [-0.15, -0.1) is 0 Å². The highest BCUT2D eigenvalue weighted by atomic mass is 16.5. The molecule has 4 nitrogen and oxygen atoms in total. The van der Waals surface area contributed by atoms with E-state index in [1.807, 2.05) is 18.2 Å². The lowest BCUT2D eigenvalue weighted by Crippen LogP contribution is -2.23. The molecule has 2 saturated heterocycles. The van der Waals surface area contributed by atoms with E-state index in [4.69, 9.17) is 14.2 Å². The van der Waals surface area contributed by atoms with Crippen LogP contribution in [-0.4, -0.2) is 30.5 Å². The largest absolute Gasteiger partial charge is 0.490 e. The molecule has 1 aromatic carbocycles. The van der Waals surface area contributed by atoms with Crippen molar-refractivity contribution in [3.63, 3.8) is 0 Å². The predicted octanol–water partition coefficient (Wildman–Crippen LogP) is 2.45. The van der Waals surface area contributed by atoms with Crippen molar-refractivity contribution in [2.24, 2.45) is 5.92 Å². The maximum atomic E-state index is 10.6. The topological polar surface area (TPSA) is 47.9 Å². The summed E-state index contributed by atoms with van der Waals surface area (Å²) in [5, 5.41) is 10.6. The second-order valence-electron chi connectivity index (χ2n) is 5.97. The highest BCUT2D eigenvalue weighted by molar-refractivity contribution is 5.44. The Balaban J connectivity index is 1.57. The van der Waals surface area contributed by atoms with E-state index in [0.29, 0.717) is 19.3 Å². The van der Waals surface area contributed by atoms with Crippen molar-refractivity contribution in [3.05, 3.63) is 23.8 Å². The zero-order valence-electron chi connectivity index (χ0n) is 11.5. The maximum Gasteiger partial charge on any atom is 0.161 e. The Bertz CT molecular complexity index is 501. The van der Waals surface area contributed by atoms with Crippen LogP contribution in [0.2, 0.25) is 0 Å². The Kier molecular flexibility index (Phi) is 3.08. The smallest absolute Gasteiger partial charge is 0.161 e. The fourth-order valence-electron chi connectivity index (χ4n) is 3.62. The van der Waals surface area contributed by atoms with Gasteiger partial charge in [0.2, 0.25) is 0 Å². The minimum atomic E-state index is -0.470. The molecule has 20 heavy (non-hydrogen) atoms. The second kappa shape index (κ2) is 4.93. The molecule has 0 amide bonds. The van der Waals surface area contributed by atoms with Crippen LogP contribution in [-0.2, 0) is 4.74 Å². The SMILES string of the molecule is OC(c1ccc2c(c1)OCCCO2)C1CC2CCC1O2. The standard InChI is InChI=1S/C16H20O4/c17-16(12-9-11-3-5-13(12)20-11)10-2-4-14-15(8-10)19-7-1-6-18-14/h2,4,8,11-13,16-17H,1,3,5-7,9H2. The molecule has 0 aliphatic carbocycles. The van der Waals surface area contributed by atoms with E-state index in [-0.39, 0.29) is 12.0 Å². The predicted molar refractivity (Wildman–Crippen MR) is 73.0 cm³/mol. The van der Waals surface area contributed by atoms with Crippen LogP contribution in [0.3, 0.4) is 0 Å². The van der Waals surface area contributed by atoms with Gasteiger partial charge in [0.15, 0.2) is 11.5 Å². The fourth-order valence-corrected chi connectivity index (χ4v) is 3.62. The summed E-state index contributed by atoms with van der Waals surface area (Å²) in [5.41, 5.74) is 0.912. The third-order valence-electron chi connectivity index (χ3n) is 4.67. The Morgan fingerprint density at radius 2 is 1.95 bits per heavy atom. The van der Waals surface area contributed by atoms with Crippen molar-refractivity contribution in [2.75, 3.05) is 13.2 Å². The molecule has 4 unspecified atom stereocenters. The quantitative estimate of drug-likeness (QED) is 0.901. The summed E-state index contributed by atoms with van der Waals surface area (Å²) in [6.45, 7) is 1.36. The zero-order chi connectivity index (χ0) is 13.5. The van der Waals surface area contributed by atoms with Gasteiger partial charge in [0.25, 0.3) is 0 Å². The molecule has 3 heterocycles. The number of rotatable bonds is 2. The summed E-state index contributed by atoms with van der Waals surface area (Å²) in [6.07, 6.45) is 4.22. The van der Waals surface area contributed by atoms with Crippen LogP contribution < -0.4 is 9.47 Å². The number of hydrogen-bond donors (Lipinski definition) is 1. The first-order valence-electron chi connectivity index (χ1n) is 7.54. The molecule has 0 spiro atoms. The fraction of sp³-hybridized carbons (Fsp3) is 0.625. The Morgan fingerprint density at radius 3 is 2.70 bits per heavy atom. The number of benzene rings is 1. The molecule has 4 rings (SSSR count). The zero-order valence-corrected chi connectivity index (χ0v) is 11.5. The average molecular weight is 276 g/mol. The Hall–Kier alpha value is -1.26. The first-order chi connectivity index (χ1) is 9.81. The number of aliphatic hydroxyl groups excluding tert-OH is 1. The van der Waals surface area contributed by atoms with Crippen molar-refractivity contribution >= 4 is 0 Å².